The van der Waals surface area contributed by atoms with Crippen LogP contribution in [0.25, 0.3) is 0 Å². The molecular weight excluding hydrogens is 303 g/mol. The number of nitrogens with zero attached hydrogens (tertiary/aromatic N) is 1. The van der Waals surface area contributed by atoms with E-state index >= 15 is 0 Å². The molecule has 0 aromatic heterocycles. The summed E-state index contributed by atoms with van der Waals surface area (Å²) in [5, 5.41) is 3.35. The fourth-order valence-electron chi connectivity index (χ4n) is 2.98. The molecular formula is C17H26ClFN2O. The van der Waals surface area contributed by atoms with Gasteiger partial charge in [0.15, 0.2) is 0 Å². The second-order valence-corrected chi connectivity index (χ2v) is 6.11. The molecule has 1 fully saturated rings. The number of carbonyl (C=O) groups excluding carboxylic acids is 1. The normalized spacial score (nSPS) is 16.7. The third-order valence-corrected chi connectivity index (χ3v) is 4.48. The molecule has 3 nitrogen and oxygen atoms in total. The van der Waals surface area contributed by atoms with Gasteiger partial charge in [0.2, 0.25) is 5.91 Å². The molecule has 0 saturated carbocycles. The van der Waals surface area contributed by atoms with E-state index < -0.39 is 0 Å². The van der Waals surface area contributed by atoms with Gasteiger partial charge in [-0.25, -0.2) is 4.39 Å². The molecule has 0 radical (unpaired) electrons. The topological polar surface area (TPSA) is 32.3 Å². The average molecular weight is 329 g/mol. The van der Waals surface area contributed by atoms with E-state index in [4.69, 9.17) is 0 Å². The highest BCUT2D eigenvalue weighted by Gasteiger charge is 2.23. The van der Waals surface area contributed by atoms with E-state index in [1.807, 2.05) is 0 Å². The number of halogens is 2. The summed E-state index contributed by atoms with van der Waals surface area (Å²) in [5.74, 6) is 0.868. The van der Waals surface area contributed by atoms with Crippen molar-refractivity contribution in [1.29, 1.82) is 0 Å². The van der Waals surface area contributed by atoms with Crippen LogP contribution in [0.2, 0.25) is 0 Å². The largest absolute Gasteiger partial charge is 0.341 e. The van der Waals surface area contributed by atoms with E-state index in [2.05, 4.69) is 12.2 Å². The number of hydrogen-bond donors (Lipinski definition) is 1. The number of carbonyl (C=O) groups is 1. The maximum absolute atomic E-state index is 13.6. The standard InChI is InChI=1S/C17H25FN2O.ClH/c1-13(14-7-9-19-10-8-14)11-17(21)20(2)12-15-5-3-4-6-16(15)18;/h3-6,13-14,19H,7-12H2,1-2H3;1H. The first-order valence-corrected chi connectivity index (χ1v) is 7.76. The Balaban J connectivity index is 0.00000242. The van der Waals surface area contributed by atoms with Gasteiger partial charge in [0, 0.05) is 25.6 Å². The Morgan fingerprint density at radius 3 is 2.64 bits per heavy atom. The van der Waals surface area contributed by atoms with Crippen molar-refractivity contribution in [3.8, 4) is 0 Å². The predicted octanol–water partition coefficient (Wildman–Crippen LogP) is 3.23. The zero-order chi connectivity index (χ0) is 15.2. The zero-order valence-corrected chi connectivity index (χ0v) is 14.2. The number of rotatable bonds is 5. The van der Waals surface area contributed by atoms with Crippen molar-refractivity contribution < 1.29 is 9.18 Å². The van der Waals surface area contributed by atoms with Crippen molar-refractivity contribution >= 4 is 18.3 Å². The van der Waals surface area contributed by atoms with Crippen LogP contribution in [-0.2, 0) is 11.3 Å². The van der Waals surface area contributed by atoms with Gasteiger partial charge in [-0.05, 0) is 43.8 Å². The van der Waals surface area contributed by atoms with Crippen molar-refractivity contribution in [1.82, 2.24) is 10.2 Å². The van der Waals surface area contributed by atoms with E-state index in [-0.39, 0.29) is 24.1 Å². The van der Waals surface area contributed by atoms with E-state index in [0.717, 1.165) is 25.9 Å². The van der Waals surface area contributed by atoms with Gasteiger partial charge in [-0.15, -0.1) is 12.4 Å². The highest BCUT2D eigenvalue weighted by atomic mass is 35.5. The monoisotopic (exact) mass is 328 g/mol. The number of nitrogens with one attached hydrogen (secondary N) is 1. The van der Waals surface area contributed by atoms with Crippen LogP contribution in [-0.4, -0.2) is 30.9 Å². The van der Waals surface area contributed by atoms with Crippen LogP contribution in [0.5, 0.6) is 0 Å². The maximum atomic E-state index is 13.6. The Bertz CT molecular complexity index is 477. The molecule has 1 aliphatic rings. The molecule has 124 valence electrons. The molecule has 1 N–H and O–H groups in total. The SMILES string of the molecule is CC(CC(=O)N(C)Cc1ccccc1F)C1CCNCC1.Cl. The Morgan fingerprint density at radius 2 is 2.00 bits per heavy atom. The molecule has 1 aromatic rings. The summed E-state index contributed by atoms with van der Waals surface area (Å²) in [4.78, 5) is 13.9. The minimum atomic E-state index is -0.247. The van der Waals surface area contributed by atoms with Crippen LogP contribution in [0, 0.1) is 17.7 Å². The Kier molecular flexibility index (Phi) is 7.83. The van der Waals surface area contributed by atoms with E-state index in [1.54, 1.807) is 30.1 Å². The van der Waals surface area contributed by atoms with Gasteiger partial charge < -0.3 is 10.2 Å². The Morgan fingerprint density at radius 1 is 1.36 bits per heavy atom. The first-order valence-electron chi connectivity index (χ1n) is 7.76. The Labute approximate surface area is 138 Å². The van der Waals surface area contributed by atoms with Crippen LogP contribution in [0.1, 0.15) is 31.7 Å². The lowest BCUT2D eigenvalue weighted by atomic mass is 9.84. The molecule has 1 heterocycles. The molecule has 2 rings (SSSR count). The summed E-state index contributed by atoms with van der Waals surface area (Å²) >= 11 is 0. The second kappa shape index (κ2) is 9.11. The molecule has 1 atom stereocenters. The van der Waals surface area contributed by atoms with Crippen molar-refractivity contribution in [3.05, 3.63) is 35.6 Å². The summed E-state index contributed by atoms with van der Waals surface area (Å²) in [6.45, 7) is 4.60. The lowest BCUT2D eigenvalue weighted by molar-refractivity contribution is -0.131. The van der Waals surface area contributed by atoms with Gasteiger partial charge >= 0.3 is 0 Å². The van der Waals surface area contributed by atoms with Crippen LogP contribution in [0.15, 0.2) is 24.3 Å². The maximum Gasteiger partial charge on any atom is 0.222 e. The van der Waals surface area contributed by atoms with Gasteiger partial charge in [-0.3, -0.25) is 4.79 Å². The van der Waals surface area contributed by atoms with Gasteiger partial charge in [0.25, 0.3) is 0 Å². The summed E-state index contributed by atoms with van der Waals surface area (Å²) < 4.78 is 13.6. The average Bonchev–Trinajstić information content (AvgIpc) is 2.50. The van der Waals surface area contributed by atoms with Crippen LogP contribution < -0.4 is 5.32 Å². The second-order valence-electron chi connectivity index (χ2n) is 6.11. The van der Waals surface area contributed by atoms with Crippen LogP contribution in [0.4, 0.5) is 4.39 Å². The number of benzene rings is 1. The van der Waals surface area contributed by atoms with Gasteiger partial charge in [0.1, 0.15) is 5.82 Å². The first-order chi connectivity index (χ1) is 10.1. The highest BCUT2D eigenvalue weighted by Crippen LogP contribution is 2.25. The summed E-state index contributed by atoms with van der Waals surface area (Å²) in [6.07, 6.45) is 2.84. The van der Waals surface area contributed by atoms with E-state index in [9.17, 15) is 9.18 Å². The molecule has 1 saturated heterocycles. The van der Waals surface area contributed by atoms with Gasteiger partial charge in [-0.2, -0.15) is 0 Å². The molecule has 0 spiro atoms. The molecule has 1 aromatic carbocycles. The van der Waals surface area contributed by atoms with Crippen molar-refractivity contribution in [2.24, 2.45) is 11.8 Å². The van der Waals surface area contributed by atoms with Crippen LogP contribution >= 0.6 is 12.4 Å². The number of hydrogen-bond acceptors (Lipinski definition) is 2. The van der Waals surface area contributed by atoms with Crippen molar-refractivity contribution in [2.75, 3.05) is 20.1 Å². The van der Waals surface area contributed by atoms with Crippen molar-refractivity contribution in [3.63, 3.8) is 0 Å². The lowest BCUT2D eigenvalue weighted by Gasteiger charge is -2.29. The van der Waals surface area contributed by atoms with E-state index in [1.165, 1.54) is 6.07 Å². The summed E-state index contributed by atoms with van der Waals surface area (Å²) in [7, 11) is 1.75. The smallest absolute Gasteiger partial charge is 0.222 e. The number of piperidine rings is 1. The quantitative estimate of drug-likeness (QED) is 0.900. The van der Waals surface area contributed by atoms with Gasteiger partial charge in [-0.1, -0.05) is 25.1 Å². The van der Waals surface area contributed by atoms with Crippen molar-refractivity contribution in [2.45, 2.75) is 32.7 Å². The minimum Gasteiger partial charge on any atom is -0.341 e. The van der Waals surface area contributed by atoms with Gasteiger partial charge in [0.05, 0.1) is 0 Å². The highest BCUT2D eigenvalue weighted by molar-refractivity contribution is 5.85. The van der Waals surface area contributed by atoms with E-state index in [0.29, 0.717) is 30.4 Å². The molecule has 0 aliphatic carbocycles. The predicted molar refractivity (Wildman–Crippen MR) is 89.5 cm³/mol. The Hall–Kier alpha value is -1.13. The molecule has 22 heavy (non-hydrogen) atoms. The molecule has 1 amide bonds. The molecule has 1 unspecified atom stereocenters. The van der Waals surface area contributed by atoms with Crippen LogP contribution in [0.3, 0.4) is 0 Å². The minimum absolute atomic E-state index is 0. The third-order valence-electron chi connectivity index (χ3n) is 4.48. The fourth-order valence-corrected chi connectivity index (χ4v) is 2.98. The zero-order valence-electron chi connectivity index (χ0n) is 13.3. The number of amides is 1. The third kappa shape index (κ3) is 5.25. The fraction of sp³-hybridized carbons (Fsp3) is 0.588. The molecule has 0 bridgehead atoms. The summed E-state index contributed by atoms with van der Waals surface area (Å²) in [5.41, 5.74) is 0.572. The molecule has 1 aliphatic heterocycles. The molecule has 5 heteroatoms. The summed E-state index contributed by atoms with van der Waals surface area (Å²) in [6, 6.07) is 6.63. The lowest BCUT2D eigenvalue weighted by Crippen LogP contribution is -2.34. The first kappa shape index (κ1) is 18.9.